The second-order valence-electron chi connectivity index (χ2n) is 6.74. The Morgan fingerprint density at radius 1 is 1.32 bits per heavy atom. The molecule has 0 bridgehead atoms. The zero-order valence-electron chi connectivity index (χ0n) is 15.4. The number of amides is 1. The summed E-state index contributed by atoms with van der Waals surface area (Å²) in [5.41, 5.74) is -0.239. The van der Waals surface area contributed by atoms with Gasteiger partial charge in [-0.2, -0.15) is 0 Å². The number of nitrogens with zero attached hydrogens (tertiary/aromatic N) is 3. The van der Waals surface area contributed by atoms with Crippen molar-refractivity contribution in [1.82, 2.24) is 9.88 Å². The summed E-state index contributed by atoms with van der Waals surface area (Å²) < 4.78 is 28.5. The minimum atomic E-state index is -2.43. The number of hydrogen-bond donors (Lipinski definition) is 2. The van der Waals surface area contributed by atoms with Crippen molar-refractivity contribution < 1.29 is 28.2 Å². The largest absolute Gasteiger partial charge is 0.480 e. The number of carboxylic acids is 1. The molecule has 1 aromatic carbocycles. The second-order valence-corrected chi connectivity index (χ2v) is 9.08. The fourth-order valence-electron chi connectivity index (χ4n) is 2.17. The molecule has 1 amide bonds. The standard InChI is InChI=1S/C16H20ClN3O6S2/c1-16(2,3)26-15(23)19(9-13(21)22)6-7-20(28(24)25)14-18-11-8-10(17)4-5-12(11)27-14/h4-5,8H,6-7,9H2,1-3H3,(H,21,22)(H,24,25). The number of benzene rings is 1. The van der Waals surface area contributed by atoms with Gasteiger partial charge in [0, 0.05) is 11.6 Å². The van der Waals surface area contributed by atoms with Crippen molar-refractivity contribution in [1.29, 1.82) is 0 Å². The van der Waals surface area contributed by atoms with E-state index in [1.807, 2.05) is 0 Å². The Morgan fingerprint density at radius 3 is 2.57 bits per heavy atom. The lowest BCUT2D eigenvalue weighted by atomic mass is 10.2. The molecule has 0 fully saturated rings. The zero-order chi connectivity index (χ0) is 21.1. The van der Waals surface area contributed by atoms with Crippen molar-refractivity contribution in [2.24, 2.45) is 0 Å². The number of fused-ring (bicyclic) bond motifs is 1. The van der Waals surface area contributed by atoms with Crippen molar-refractivity contribution in [3.8, 4) is 0 Å². The van der Waals surface area contributed by atoms with Crippen LogP contribution in [0.5, 0.6) is 0 Å². The highest BCUT2D eigenvalue weighted by Gasteiger charge is 2.26. The summed E-state index contributed by atoms with van der Waals surface area (Å²) in [7, 11) is 0. The van der Waals surface area contributed by atoms with E-state index < -0.39 is 35.5 Å². The van der Waals surface area contributed by atoms with Crippen LogP contribution in [0.3, 0.4) is 0 Å². The first-order valence-electron chi connectivity index (χ1n) is 8.10. The van der Waals surface area contributed by atoms with E-state index in [9.17, 15) is 18.4 Å². The molecule has 1 unspecified atom stereocenters. The number of aromatic nitrogens is 1. The fraction of sp³-hybridized carbons (Fsp3) is 0.438. The number of aliphatic carboxylic acids is 1. The van der Waals surface area contributed by atoms with E-state index in [0.717, 1.165) is 13.9 Å². The number of carbonyl (C=O) groups excluding carboxylic acids is 1. The SMILES string of the molecule is CC(C)(C)OC(=O)N(CCN(c1nc2cc(Cl)ccc2s1)S(=O)O)CC(=O)O. The third-order valence-electron chi connectivity index (χ3n) is 3.29. The molecular formula is C16H20ClN3O6S2. The summed E-state index contributed by atoms with van der Waals surface area (Å²) in [6, 6.07) is 5.06. The normalized spacial score (nSPS) is 12.6. The van der Waals surface area contributed by atoms with Gasteiger partial charge in [0.25, 0.3) is 11.3 Å². The van der Waals surface area contributed by atoms with Gasteiger partial charge in [-0.3, -0.25) is 14.2 Å². The van der Waals surface area contributed by atoms with Crippen molar-refractivity contribution in [3.05, 3.63) is 23.2 Å². The first kappa shape index (κ1) is 22.3. The highest BCUT2D eigenvalue weighted by atomic mass is 35.5. The smallest absolute Gasteiger partial charge is 0.410 e. The predicted molar refractivity (Wildman–Crippen MR) is 108 cm³/mol. The number of halogens is 1. The Morgan fingerprint density at radius 2 is 2.00 bits per heavy atom. The summed E-state index contributed by atoms with van der Waals surface area (Å²) in [5, 5.41) is 9.78. The molecule has 12 heteroatoms. The lowest BCUT2D eigenvalue weighted by Gasteiger charge is -2.27. The molecule has 0 aliphatic heterocycles. The molecule has 1 heterocycles. The minimum absolute atomic E-state index is 0.122. The first-order chi connectivity index (χ1) is 13.0. The van der Waals surface area contributed by atoms with E-state index in [1.165, 1.54) is 11.3 Å². The highest BCUT2D eigenvalue weighted by molar-refractivity contribution is 7.81. The Hall–Kier alpha value is -1.95. The van der Waals surface area contributed by atoms with Crippen LogP contribution in [0.1, 0.15) is 20.8 Å². The molecule has 0 radical (unpaired) electrons. The third kappa shape index (κ3) is 6.30. The molecule has 9 nitrogen and oxygen atoms in total. The van der Waals surface area contributed by atoms with Gasteiger partial charge in [-0.25, -0.2) is 18.3 Å². The van der Waals surface area contributed by atoms with Gasteiger partial charge in [-0.05, 0) is 39.0 Å². The van der Waals surface area contributed by atoms with Gasteiger partial charge in [0.1, 0.15) is 12.1 Å². The number of anilines is 1. The number of hydrogen-bond acceptors (Lipinski definition) is 6. The number of thiazole rings is 1. The summed E-state index contributed by atoms with van der Waals surface area (Å²) in [6.45, 7) is 4.10. The molecule has 1 atom stereocenters. The molecule has 154 valence electrons. The Bertz CT molecular complexity index is 898. The van der Waals surface area contributed by atoms with Gasteiger partial charge >= 0.3 is 12.1 Å². The third-order valence-corrected chi connectivity index (χ3v) is 5.43. The van der Waals surface area contributed by atoms with Crippen LogP contribution >= 0.6 is 22.9 Å². The maximum absolute atomic E-state index is 12.2. The monoisotopic (exact) mass is 449 g/mol. The van der Waals surface area contributed by atoms with Crippen molar-refractivity contribution in [2.75, 3.05) is 23.9 Å². The van der Waals surface area contributed by atoms with Crippen LogP contribution in [0, 0.1) is 0 Å². The van der Waals surface area contributed by atoms with E-state index in [1.54, 1.807) is 39.0 Å². The van der Waals surface area contributed by atoms with E-state index in [2.05, 4.69) is 4.98 Å². The number of ether oxygens (including phenoxy) is 1. The van der Waals surface area contributed by atoms with E-state index in [-0.39, 0.29) is 18.2 Å². The topological polar surface area (TPSA) is 120 Å². The molecule has 2 aromatic rings. The van der Waals surface area contributed by atoms with Crippen LogP contribution in [0.2, 0.25) is 5.02 Å². The highest BCUT2D eigenvalue weighted by Crippen LogP contribution is 2.31. The molecule has 0 saturated carbocycles. The van der Waals surface area contributed by atoms with Gasteiger partial charge in [0.15, 0.2) is 5.13 Å². The maximum Gasteiger partial charge on any atom is 0.410 e. The number of rotatable bonds is 7. The molecule has 2 N–H and O–H groups in total. The van der Waals surface area contributed by atoms with Gasteiger partial charge in [-0.15, -0.1) is 0 Å². The average Bonchev–Trinajstić information content (AvgIpc) is 2.94. The van der Waals surface area contributed by atoms with Crippen LogP contribution in [0.4, 0.5) is 9.93 Å². The molecular weight excluding hydrogens is 430 g/mol. The molecule has 2 rings (SSSR count). The average molecular weight is 450 g/mol. The van der Waals surface area contributed by atoms with E-state index in [0.29, 0.717) is 10.5 Å². The summed E-state index contributed by atoms with van der Waals surface area (Å²) >= 11 is 4.69. The van der Waals surface area contributed by atoms with E-state index >= 15 is 0 Å². The Labute approximate surface area is 173 Å². The van der Waals surface area contributed by atoms with Gasteiger partial charge in [0.2, 0.25) is 0 Å². The lowest BCUT2D eigenvalue weighted by Crippen LogP contribution is -2.44. The molecule has 0 aliphatic rings. The Balaban J connectivity index is 2.19. The molecule has 1 aromatic heterocycles. The van der Waals surface area contributed by atoms with Gasteiger partial charge in [-0.1, -0.05) is 22.9 Å². The maximum atomic E-state index is 12.2. The molecule has 0 saturated heterocycles. The number of carboxylic acid groups (broad SMARTS) is 1. The zero-order valence-corrected chi connectivity index (χ0v) is 17.8. The lowest BCUT2D eigenvalue weighted by molar-refractivity contribution is -0.138. The van der Waals surface area contributed by atoms with Crippen molar-refractivity contribution in [2.45, 2.75) is 26.4 Å². The van der Waals surface area contributed by atoms with Crippen molar-refractivity contribution >= 4 is 61.6 Å². The molecule has 0 aliphatic carbocycles. The Kier molecular flexibility index (Phi) is 7.21. The second kappa shape index (κ2) is 9.03. The van der Waals surface area contributed by atoms with Crippen LogP contribution in [-0.2, 0) is 20.8 Å². The van der Waals surface area contributed by atoms with Gasteiger partial charge in [0.05, 0.1) is 16.8 Å². The van der Waals surface area contributed by atoms with E-state index in [4.69, 9.17) is 21.4 Å². The predicted octanol–water partition coefficient (Wildman–Crippen LogP) is 3.21. The van der Waals surface area contributed by atoms with Crippen molar-refractivity contribution in [3.63, 3.8) is 0 Å². The summed E-state index contributed by atoms with van der Waals surface area (Å²) in [4.78, 5) is 28.6. The minimum Gasteiger partial charge on any atom is -0.480 e. The molecule has 28 heavy (non-hydrogen) atoms. The fourth-order valence-corrected chi connectivity index (χ4v) is 3.93. The van der Waals surface area contributed by atoms with Crippen LogP contribution in [-0.4, -0.2) is 61.0 Å². The van der Waals surface area contributed by atoms with Crippen LogP contribution < -0.4 is 4.31 Å². The summed E-state index contributed by atoms with van der Waals surface area (Å²) in [6.07, 6.45) is -0.824. The summed E-state index contributed by atoms with van der Waals surface area (Å²) in [5.74, 6) is -1.22. The quantitative estimate of drug-likeness (QED) is 0.622. The van der Waals surface area contributed by atoms with Gasteiger partial charge < -0.3 is 9.84 Å². The first-order valence-corrected chi connectivity index (χ1v) is 10.4. The number of carbonyl (C=O) groups is 2. The molecule has 0 spiro atoms. The van der Waals surface area contributed by atoms with Crippen LogP contribution in [0.15, 0.2) is 18.2 Å². The van der Waals surface area contributed by atoms with Crippen LogP contribution in [0.25, 0.3) is 10.2 Å².